The van der Waals surface area contributed by atoms with E-state index in [0.29, 0.717) is 6.04 Å². The Kier molecular flexibility index (Phi) is 5.13. The van der Waals surface area contributed by atoms with Crippen LogP contribution in [0.3, 0.4) is 0 Å². The summed E-state index contributed by atoms with van der Waals surface area (Å²) < 4.78 is 10.6. The quantitative estimate of drug-likeness (QED) is 0.819. The number of rotatable bonds is 6. The van der Waals surface area contributed by atoms with E-state index in [1.807, 2.05) is 12.1 Å². The summed E-state index contributed by atoms with van der Waals surface area (Å²) in [6, 6.07) is 4.52. The van der Waals surface area contributed by atoms with Gasteiger partial charge in [-0.25, -0.2) is 0 Å². The predicted molar refractivity (Wildman–Crippen MR) is 72.3 cm³/mol. The van der Waals surface area contributed by atoms with Crippen molar-refractivity contribution in [2.75, 3.05) is 19.5 Å². The van der Waals surface area contributed by atoms with Gasteiger partial charge in [-0.15, -0.1) is 0 Å². The highest BCUT2D eigenvalue weighted by Gasteiger charge is 2.10. The molecule has 0 saturated heterocycles. The van der Waals surface area contributed by atoms with Crippen molar-refractivity contribution in [2.45, 2.75) is 39.7 Å². The average Bonchev–Trinajstić information content (AvgIpc) is 2.36. The molecule has 0 atom stereocenters. The van der Waals surface area contributed by atoms with Gasteiger partial charge in [0.2, 0.25) is 0 Å². The zero-order valence-electron chi connectivity index (χ0n) is 11.5. The van der Waals surface area contributed by atoms with E-state index >= 15 is 0 Å². The number of ether oxygens (including phenoxy) is 2. The summed E-state index contributed by atoms with van der Waals surface area (Å²) in [5.74, 6) is 1.55. The Morgan fingerprint density at radius 1 is 1.06 bits per heavy atom. The van der Waals surface area contributed by atoms with E-state index in [0.717, 1.165) is 30.0 Å². The Morgan fingerprint density at radius 2 is 1.59 bits per heavy atom. The zero-order chi connectivity index (χ0) is 12.8. The lowest BCUT2D eigenvalue weighted by atomic mass is 10.1. The summed E-state index contributed by atoms with van der Waals surface area (Å²) in [6.07, 6.45) is 2.23. The minimum Gasteiger partial charge on any atom is -0.493 e. The molecule has 0 spiro atoms. The van der Waals surface area contributed by atoms with Crippen molar-refractivity contribution < 1.29 is 9.47 Å². The molecule has 17 heavy (non-hydrogen) atoms. The van der Waals surface area contributed by atoms with Crippen molar-refractivity contribution in [3.63, 3.8) is 0 Å². The van der Waals surface area contributed by atoms with Gasteiger partial charge in [-0.2, -0.15) is 0 Å². The second-order valence-corrected chi connectivity index (χ2v) is 4.18. The third-order valence-corrected chi connectivity index (χ3v) is 3.08. The van der Waals surface area contributed by atoms with E-state index in [9.17, 15) is 0 Å². The van der Waals surface area contributed by atoms with Crippen LogP contribution < -0.4 is 14.8 Å². The fraction of sp³-hybridized carbons (Fsp3) is 0.571. The number of benzene rings is 1. The first kappa shape index (κ1) is 13.7. The number of hydrogen-bond acceptors (Lipinski definition) is 3. The highest BCUT2D eigenvalue weighted by molar-refractivity contribution is 5.60. The van der Waals surface area contributed by atoms with Gasteiger partial charge in [0, 0.05) is 17.8 Å². The van der Waals surface area contributed by atoms with E-state index in [-0.39, 0.29) is 0 Å². The molecule has 0 amide bonds. The van der Waals surface area contributed by atoms with Gasteiger partial charge in [0.1, 0.15) is 0 Å². The van der Waals surface area contributed by atoms with Crippen molar-refractivity contribution in [2.24, 2.45) is 0 Å². The molecule has 0 unspecified atom stereocenters. The average molecular weight is 237 g/mol. The first-order chi connectivity index (χ1) is 8.15. The fourth-order valence-corrected chi connectivity index (χ4v) is 1.85. The minimum atomic E-state index is 0.506. The van der Waals surface area contributed by atoms with Crippen LogP contribution in [-0.4, -0.2) is 20.3 Å². The molecule has 0 radical (unpaired) electrons. The standard InChI is InChI=1S/C14H23NO2/c1-6-11(7-2)15-12-9-14(17-5)13(16-4)8-10(12)3/h8-9,11,15H,6-7H2,1-5H3. The molecule has 0 aliphatic carbocycles. The normalized spacial score (nSPS) is 10.5. The molecule has 96 valence electrons. The predicted octanol–water partition coefficient (Wildman–Crippen LogP) is 3.61. The van der Waals surface area contributed by atoms with E-state index in [1.54, 1.807) is 14.2 Å². The lowest BCUT2D eigenvalue weighted by molar-refractivity contribution is 0.355. The van der Waals surface area contributed by atoms with Crippen LogP contribution in [0.5, 0.6) is 11.5 Å². The van der Waals surface area contributed by atoms with Gasteiger partial charge in [-0.05, 0) is 31.4 Å². The van der Waals surface area contributed by atoms with Gasteiger partial charge >= 0.3 is 0 Å². The number of anilines is 1. The lowest BCUT2D eigenvalue weighted by Gasteiger charge is -2.19. The molecule has 0 saturated carbocycles. The molecule has 0 aliphatic rings. The first-order valence-corrected chi connectivity index (χ1v) is 6.15. The molecule has 0 aromatic heterocycles. The van der Waals surface area contributed by atoms with Crippen molar-refractivity contribution >= 4 is 5.69 Å². The SMILES string of the molecule is CCC(CC)Nc1cc(OC)c(OC)cc1C. The van der Waals surface area contributed by atoms with Gasteiger partial charge in [0.05, 0.1) is 14.2 Å². The van der Waals surface area contributed by atoms with E-state index in [1.165, 1.54) is 5.56 Å². The third-order valence-electron chi connectivity index (χ3n) is 3.08. The third kappa shape index (κ3) is 3.29. The van der Waals surface area contributed by atoms with Crippen LogP contribution in [0.25, 0.3) is 0 Å². The fourth-order valence-electron chi connectivity index (χ4n) is 1.85. The molecule has 0 fully saturated rings. The number of nitrogens with one attached hydrogen (secondary N) is 1. The monoisotopic (exact) mass is 237 g/mol. The van der Waals surface area contributed by atoms with Crippen LogP contribution in [0.4, 0.5) is 5.69 Å². The molecule has 1 aromatic carbocycles. The Balaban J connectivity index is 2.99. The molecule has 3 heteroatoms. The van der Waals surface area contributed by atoms with Crippen LogP contribution in [0.15, 0.2) is 12.1 Å². The molecule has 1 rings (SSSR count). The summed E-state index contributed by atoms with van der Waals surface area (Å²) in [6.45, 7) is 6.46. The Labute approximate surface area is 104 Å². The lowest BCUT2D eigenvalue weighted by Crippen LogP contribution is -2.17. The molecular weight excluding hydrogens is 214 g/mol. The van der Waals surface area contributed by atoms with Gasteiger partial charge in [-0.1, -0.05) is 13.8 Å². The van der Waals surface area contributed by atoms with Gasteiger partial charge in [0.25, 0.3) is 0 Å². The topological polar surface area (TPSA) is 30.5 Å². The summed E-state index contributed by atoms with van der Waals surface area (Å²) in [4.78, 5) is 0. The first-order valence-electron chi connectivity index (χ1n) is 6.15. The number of methoxy groups -OCH3 is 2. The number of aryl methyl sites for hydroxylation is 1. The molecule has 0 aliphatic heterocycles. The molecule has 1 aromatic rings. The van der Waals surface area contributed by atoms with Crippen LogP contribution in [0, 0.1) is 6.92 Å². The molecule has 1 N–H and O–H groups in total. The van der Waals surface area contributed by atoms with E-state index in [4.69, 9.17) is 9.47 Å². The molecule has 0 bridgehead atoms. The highest BCUT2D eigenvalue weighted by atomic mass is 16.5. The van der Waals surface area contributed by atoms with Crippen LogP contribution in [-0.2, 0) is 0 Å². The van der Waals surface area contributed by atoms with Gasteiger partial charge in [0.15, 0.2) is 11.5 Å². The van der Waals surface area contributed by atoms with Gasteiger partial charge < -0.3 is 14.8 Å². The van der Waals surface area contributed by atoms with Crippen LogP contribution in [0.1, 0.15) is 32.3 Å². The van der Waals surface area contributed by atoms with Crippen molar-refractivity contribution in [1.29, 1.82) is 0 Å². The van der Waals surface area contributed by atoms with Crippen LogP contribution >= 0.6 is 0 Å². The Hall–Kier alpha value is -1.38. The zero-order valence-corrected chi connectivity index (χ0v) is 11.5. The van der Waals surface area contributed by atoms with Crippen molar-refractivity contribution in [3.05, 3.63) is 17.7 Å². The minimum absolute atomic E-state index is 0.506. The Bertz CT molecular complexity index is 359. The summed E-state index contributed by atoms with van der Waals surface area (Å²) in [7, 11) is 3.32. The maximum atomic E-state index is 5.32. The van der Waals surface area contributed by atoms with Crippen molar-refractivity contribution in [3.8, 4) is 11.5 Å². The second kappa shape index (κ2) is 6.38. The highest BCUT2D eigenvalue weighted by Crippen LogP contribution is 2.33. The van der Waals surface area contributed by atoms with E-state index < -0.39 is 0 Å². The van der Waals surface area contributed by atoms with Crippen LogP contribution in [0.2, 0.25) is 0 Å². The maximum Gasteiger partial charge on any atom is 0.162 e. The summed E-state index contributed by atoms with van der Waals surface area (Å²) >= 11 is 0. The summed E-state index contributed by atoms with van der Waals surface area (Å²) in [5.41, 5.74) is 2.30. The second-order valence-electron chi connectivity index (χ2n) is 4.18. The maximum absolute atomic E-state index is 5.32. The van der Waals surface area contributed by atoms with Crippen molar-refractivity contribution in [1.82, 2.24) is 0 Å². The molecule has 3 nitrogen and oxygen atoms in total. The molecular formula is C14H23NO2. The van der Waals surface area contributed by atoms with Gasteiger partial charge in [-0.3, -0.25) is 0 Å². The summed E-state index contributed by atoms with van der Waals surface area (Å²) in [5, 5.41) is 3.54. The molecule has 0 heterocycles. The van der Waals surface area contributed by atoms with E-state index in [2.05, 4.69) is 26.1 Å². The largest absolute Gasteiger partial charge is 0.493 e. The smallest absolute Gasteiger partial charge is 0.162 e. The Morgan fingerprint density at radius 3 is 2.06 bits per heavy atom. The number of hydrogen-bond donors (Lipinski definition) is 1.